The lowest BCUT2D eigenvalue weighted by molar-refractivity contribution is -0.138. The van der Waals surface area contributed by atoms with Crippen LogP contribution < -0.4 is 4.74 Å². The van der Waals surface area contributed by atoms with Crippen LogP contribution in [0.5, 0.6) is 5.75 Å². The van der Waals surface area contributed by atoms with E-state index >= 15 is 0 Å². The van der Waals surface area contributed by atoms with Crippen LogP contribution in [0.4, 0.5) is 0 Å². The SMILES string of the molecule is CC(C(=O)O)c1cc(-c2cccc(COc3ccc4c(c3)CN(C3CCCC3)C4=O)c2)ccc1Cl. The van der Waals surface area contributed by atoms with Crippen LogP contribution in [0.3, 0.4) is 0 Å². The van der Waals surface area contributed by atoms with E-state index in [-0.39, 0.29) is 5.91 Å². The molecule has 180 valence electrons. The number of benzene rings is 3. The summed E-state index contributed by atoms with van der Waals surface area (Å²) in [7, 11) is 0. The molecule has 1 aliphatic heterocycles. The Kier molecular flexibility index (Phi) is 6.52. The van der Waals surface area contributed by atoms with Crippen LogP contribution in [0.2, 0.25) is 5.02 Å². The molecular weight excluding hydrogens is 462 g/mol. The van der Waals surface area contributed by atoms with Gasteiger partial charge in [0.25, 0.3) is 5.91 Å². The fourth-order valence-electron chi connectivity index (χ4n) is 5.12. The second kappa shape index (κ2) is 9.74. The van der Waals surface area contributed by atoms with E-state index in [0.29, 0.717) is 29.8 Å². The number of carbonyl (C=O) groups is 2. The zero-order chi connectivity index (χ0) is 24.5. The summed E-state index contributed by atoms with van der Waals surface area (Å²) in [6, 6.07) is 19.6. The molecule has 35 heavy (non-hydrogen) atoms. The highest BCUT2D eigenvalue weighted by Gasteiger charge is 2.34. The first-order valence-corrected chi connectivity index (χ1v) is 12.5. The van der Waals surface area contributed by atoms with Crippen LogP contribution in [-0.2, 0) is 17.9 Å². The quantitative estimate of drug-likeness (QED) is 0.402. The fraction of sp³-hybridized carbons (Fsp3) is 0.310. The van der Waals surface area contributed by atoms with E-state index in [9.17, 15) is 14.7 Å². The van der Waals surface area contributed by atoms with E-state index in [1.807, 2.05) is 59.5 Å². The van der Waals surface area contributed by atoms with Crippen molar-refractivity contribution >= 4 is 23.5 Å². The lowest BCUT2D eigenvalue weighted by Crippen LogP contribution is -2.33. The molecule has 5 nitrogen and oxygen atoms in total. The van der Waals surface area contributed by atoms with Gasteiger partial charge in [0.2, 0.25) is 0 Å². The van der Waals surface area contributed by atoms with Crippen LogP contribution in [-0.4, -0.2) is 27.9 Å². The molecule has 1 aliphatic carbocycles. The van der Waals surface area contributed by atoms with Crippen LogP contribution in [0.25, 0.3) is 11.1 Å². The molecule has 2 aliphatic rings. The first kappa shape index (κ1) is 23.4. The van der Waals surface area contributed by atoms with Gasteiger partial charge in [-0.2, -0.15) is 0 Å². The number of amides is 1. The summed E-state index contributed by atoms with van der Waals surface area (Å²) >= 11 is 6.26. The van der Waals surface area contributed by atoms with Crippen molar-refractivity contribution < 1.29 is 19.4 Å². The average Bonchev–Trinajstić information content (AvgIpc) is 3.51. The Morgan fingerprint density at radius 1 is 1.09 bits per heavy atom. The molecule has 3 aromatic carbocycles. The first-order valence-electron chi connectivity index (χ1n) is 12.1. The largest absolute Gasteiger partial charge is 0.489 e. The Morgan fingerprint density at radius 3 is 2.63 bits per heavy atom. The number of carboxylic acid groups (broad SMARTS) is 1. The molecule has 1 atom stereocenters. The van der Waals surface area contributed by atoms with Gasteiger partial charge in [-0.05, 0) is 84.0 Å². The van der Waals surface area contributed by atoms with Gasteiger partial charge in [0.15, 0.2) is 0 Å². The number of rotatable bonds is 7. The Morgan fingerprint density at radius 2 is 1.86 bits per heavy atom. The lowest BCUT2D eigenvalue weighted by atomic mass is 9.95. The smallest absolute Gasteiger partial charge is 0.310 e. The molecule has 1 fully saturated rings. The molecule has 1 saturated carbocycles. The third-order valence-electron chi connectivity index (χ3n) is 7.17. The molecular formula is C29H28ClNO4. The maximum absolute atomic E-state index is 12.8. The molecule has 1 N–H and O–H groups in total. The van der Waals surface area contributed by atoms with Crippen molar-refractivity contribution in [2.24, 2.45) is 0 Å². The molecule has 0 spiro atoms. The minimum Gasteiger partial charge on any atom is -0.489 e. The second-order valence-corrected chi connectivity index (χ2v) is 9.88. The molecule has 5 rings (SSSR count). The van der Waals surface area contributed by atoms with Crippen molar-refractivity contribution in [3.63, 3.8) is 0 Å². The maximum atomic E-state index is 12.8. The number of carboxylic acids is 1. The van der Waals surface area contributed by atoms with E-state index in [0.717, 1.165) is 46.4 Å². The highest BCUT2D eigenvalue weighted by atomic mass is 35.5. The second-order valence-electron chi connectivity index (χ2n) is 9.48. The van der Waals surface area contributed by atoms with E-state index < -0.39 is 11.9 Å². The summed E-state index contributed by atoms with van der Waals surface area (Å²) in [5.74, 6) is -0.705. The van der Waals surface area contributed by atoms with E-state index in [1.165, 1.54) is 12.8 Å². The molecule has 0 radical (unpaired) electrons. The van der Waals surface area contributed by atoms with Gasteiger partial charge in [-0.15, -0.1) is 0 Å². The fourth-order valence-corrected chi connectivity index (χ4v) is 5.40. The van der Waals surface area contributed by atoms with Crippen LogP contribution in [0, 0.1) is 0 Å². The highest BCUT2D eigenvalue weighted by Crippen LogP contribution is 2.34. The van der Waals surface area contributed by atoms with Crippen molar-refractivity contribution in [1.82, 2.24) is 4.90 Å². The minimum absolute atomic E-state index is 0.144. The van der Waals surface area contributed by atoms with Crippen LogP contribution >= 0.6 is 11.6 Å². The van der Waals surface area contributed by atoms with Gasteiger partial charge < -0.3 is 14.7 Å². The summed E-state index contributed by atoms with van der Waals surface area (Å²) in [6.07, 6.45) is 4.61. The number of hydrogen-bond acceptors (Lipinski definition) is 3. The molecule has 0 bridgehead atoms. The van der Waals surface area contributed by atoms with Crippen LogP contribution in [0.15, 0.2) is 60.7 Å². The molecule has 0 aromatic heterocycles. The normalized spacial score (nSPS) is 16.4. The molecule has 0 saturated heterocycles. The van der Waals surface area contributed by atoms with Gasteiger partial charge in [-0.25, -0.2) is 0 Å². The van der Waals surface area contributed by atoms with E-state index in [4.69, 9.17) is 16.3 Å². The van der Waals surface area contributed by atoms with Gasteiger partial charge in [0.05, 0.1) is 5.92 Å². The van der Waals surface area contributed by atoms with Crippen molar-refractivity contribution in [3.05, 3.63) is 87.9 Å². The third kappa shape index (κ3) is 4.78. The molecule has 3 aromatic rings. The van der Waals surface area contributed by atoms with Crippen molar-refractivity contribution in [3.8, 4) is 16.9 Å². The standard InChI is InChI=1S/C29H28ClNO4/c1-18(29(33)34)26-15-21(9-12-27(26)30)20-6-4-5-19(13-20)17-35-24-10-11-25-22(14-24)16-31(28(25)32)23-7-2-3-8-23/h4-6,9-15,18,23H,2-3,7-8,16-17H2,1H3,(H,33,34). The molecule has 6 heteroatoms. The Hall–Kier alpha value is -3.31. The summed E-state index contributed by atoms with van der Waals surface area (Å²) in [5.41, 5.74) is 5.29. The summed E-state index contributed by atoms with van der Waals surface area (Å²) in [6.45, 7) is 2.69. The molecule has 1 unspecified atom stereocenters. The van der Waals surface area contributed by atoms with Crippen molar-refractivity contribution in [2.45, 2.75) is 57.7 Å². The summed E-state index contributed by atoms with van der Waals surface area (Å²) < 4.78 is 6.09. The van der Waals surface area contributed by atoms with Crippen molar-refractivity contribution in [1.29, 1.82) is 0 Å². The molecule has 1 amide bonds. The predicted octanol–water partition coefficient (Wildman–Crippen LogP) is 6.67. The zero-order valence-corrected chi connectivity index (χ0v) is 20.4. The topological polar surface area (TPSA) is 66.8 Å². The Labute approximate surface area is 210 Å². The number of ether oxygens (including phenoxy) is 1. The summed E-state index contributed by atoms with van der Waals surface area (Å²) in [5, 5.41) is 9.84. The number of hydrogen-bond donors (Lipinski definition) is 1. The minimum atomic E-state index is -0.909. The van der Waals surface area contributed by atoms with E-state index in [2.05, 4.69) is 0 Å². The summed E-state index contributed by atoms with van der Waals surface area (Å²) in [4.78, 5) is 26.3. The van der Waals surface area contributed by atoms with Crippen molar-refractivity contribution in [2.75, 3.05) is 0 Å². The highest BCUT2D eigenvalue weighted by molar-refractivity contribution is 6.31. The first-order chi connectivity index (χ1) is 16.9. The predicted molar refractivity (Wildman–Crippen MR) is 136 cm³/mol. The van der Waals surface area contributed by atoms with Crippen LogP contribution in [0.1, 0.15) is 65.6 Å². The number of nitrogens with zero attached hydrogens (tertiary/aromatic N) is 1. The molecule has 1 heterocycles. The number of aliphatic carboxylic acids is 1. The third-order valence-corrected chi connectivity index (χ3v) is 7.52. The number of halogens is 1. The Balaban J connectivity index is 1.30. The van der Waals surface area contributed by atoms with Gasteiger partial charge >= 0.3 is 5.97 Å². The van der Waals surface area contributed by atoms with Gasteiger partial charge in [-0.3, -0.25) is 9.59 Å². The van der Waals surface area contributed by atoms with Gasteiger partial charge in [-0.1, -0.05) is 48.7 Å². The van der Waals surface area contributed by atoms with Gasteiger partial charge in [0, 0.05) is 23.2 Å². The maximum Gasteiger partial charge on any atom is 0.310 e. The van der Waals surface area contributed by atoms with E-state index in [1.54, 1.807) is 13.0 Å². The zero-order valence-electron chi connectivity index (χ0n) is 19.7. The Bertz CT molecular complexity index is 1280. The van der Waals surface area contributed by atoms with Gasteiger partial charge in [0.1, 0.15) is 12.4 Å². The number of carbonyl (C=O) groups excluding carboxylic acids is 1. The number of fused-ring (bicyclic) bond motifs is 1. The monoisotopic (exact) mass is 489 g/mol. The average molecular weight is 490 g/mol. The lowest BCUT2D eigenvalue weighted by Gasteiger charge is -2.23.